The predicted octanol–water partition coefficient (Wildman–Crippen LogP) is 7.51. The summed E-state index contributed by atoms with van der Waals surface area (Å²) in [5.74, 6) is 2.04. The molecule has 0 atom stereocenters. The number of furan rings is 1. The summed E-state index contributed by atoms with van der Waals surface area (Å²) in [5.41, 5.74) is 6.77. The first-order valence-electron chi connectivity index (χ1n) is 13.5. The molecule has 3 aliphatic rings. The van der Waals surface area contributed by atoms with Gasteiger partial charge in [0.2, 0.25) is 0 Å². The molecule has 1 heterocycles. The van der Waals surface area contributed by atoms with Crippen molar-refractivity contribution < 1.29 is 18.7 Å². The Morgan fingerprint density at radius 1 is 1.00 bits per heavy atom. The summed E-state index contributed by atoms with van der Waals surface area (Å²) in [6.07, 6.45) is 4.24. The average molecular weight is 508 g/mol. The smallest absolute Gasteiger partial charge is 0.255 e. The molecule has 194 valence electrons. The van der Waals surface area contributed by atoms with E-state index in [-0.39, 0.29) is 17.1 Å². The molecule has 38 heavy (non-hydrogen) atoms. The Bertz CT molecular complexity index is 1560. The van der Waals surface area contributed by atoms with Gasteiger partial charge in [0.05, 0.1) is 12.2 Å². The van der Waals surface area contributed by atoms with Gasteiger partial charge in [-0.2, -0.15) is 0 Å². The Morgan fingerprint density at radius 2 is 1.71 bits per heavy atom. The van der Waals surface area contributed by atoms with Crippen LogP contribution in [0.3, 0.4) is 0 Å². The fourth-order valence-corrected chi connectivity index (χ4v) is 6.28. The molecule has 5 heteroatoms. The zero-order chi connectivity index (χ0) is 26.6. The molecule has 3 saturated carbocycles. The number of ether oxygens (including phenoxy) is 1. The van der Waals surface area contributed by atoms with Crippen LogP contribution in [0.1, 0.15) is 64.4 Å². The fraction of sp³-hybridized carbons (Fsp3) is 0.333. The Morgan fingerprint density at radius 3 is 2.34 bits per heavy atom. The van der Waals surface area contributed by atoms with Crippen LogP contribution in [-0.2, 0) is 0 Å². The molecule has 5 nitrogen and oxygen atoms in total. The standard InChI is InChI=1S/C33H33NO4/c1-5-37-28-14-29-26(30(32(36)34-4)31(38-29)22-9-6-19(2)7-10-22)13-25(28)23-11-8-20(3)24(12-23)27(35)18-33-15-21(16-33)17-33/h6-14,21H,5,15-18H2,1-4H3,(H,34,36). The quantitative estimate of drug-likeness (QED) is 0.251. The van der Waals surface area contributed by atoms with E-state index in [1.54, 1.807) is 7.05 Å². The summed E-state index contributed by atoms with van der Waals surface area (Å²) in [7, 11) is 1.62. The molecule has 3 aromatic carbocycles. The van der Waals surface area contributed by atoms with Gasteiger partial charge in [-0.15, -0.1) is 0 Å². The number of carbonyl (C=O) groups excluding carboxylic acids is 2. The SMILES string of the molecule is CCOc1cc2oc(-c3ccc(C)cc3)c(C(=O)NC)c2cc1-c1ccc(C)c(C(=O)CC23CC(C2)C3)c1. The maximum atomic E-state index is 13.4. The lowest BCUT2D eigenvalue weighted by Gasteiger charge is -2.62. The van der Waals surface area contributed by atoms with Gasteiger partial charge >= 0.3 is 0 Å². The average Bonchev–Trinajstić information content (AvgIpc) is 3.23. The van der Waals surface area contributed by atoms with Gasteiger partial charge in [0.1, 0.15) is 17.1 Å². The molecule has 2 bridgehead atoms. The van der Waals surface area contributed by atoms with E-state index in [0.717, 1.165) is 39.3 Å². The molecule has 4 aromatic rings. The number of rotatable bonds is 8. The van der Waals surface area contributed by atoms with Gasteiger partial charge in [0.25, 0.3) is 5.91 Å². The molecule has 1 aromatic heterocycles. The number of amides is 1. The molecule has 0 saturated heterocycles. The van der Waals surface area contributed by atoms with Crippen molar-refractivity contribution in [3.8, 4) is 28.2 Å². The maximum Gasteiger partial charge on any atom is 0.255 e. The highest BCUT2D eigenvalue weighted by Gasteiger charge is 2.56. The molecule has 0 unspecified atom stereocenters. The third kappa shape index (κ3) is 4.01. The van der Waals surface area contributed by atoms with E-state index < -0.39 is 0 Å². The van der Waals surface area contributed by atoms with Gasteiger partial charge < -0.3 is 14.5 Å². The van der Waals surface area contributed by atoms with Gasteiger partial charge in [-0.05, 0) is 74.6 Å². The summed E-state index contributed by atoms with van der Waals surface area (Å²) in [5, 5.41) is 3.48. The highest BCUT2D eigenvalue weighted by molar-refractivity contribution is 6.12. The molecule has 0 aliphatic heterocycles. The van der Waals surface area contributed by atoms with Crippen LogP contribution in [0, 0.1) is 25.2 Å². The molecular weight excluding hydrogens is 474 g/mol. The molecule has 3 aliphatic carbocycles. The first-order chi connectivity index (χ1) is 18.3. The number of Topliss-reactive ketones (excluding diaryl/α,β-unsaturated/α-hetero) is 1. The zero-order valence-electron chi connectivity index (χ0n) is 22.4. The lowest BCUT2D eigenvalue weighted by molar-refractivity contribution is -0.103. The Hall–Kier alpha value is -3.86. The minimum absolute atomic E-state index is 0.215. The highest BCUT2D eigenvalue weighted by Crippen LogP contribution is 2.66. The largest absolute Gasteiger partial charge is 0.493 e. The van der Waals surface area contributed by atoms with Gasteiger partial charge in [0, 0.05) is 41.6 Å². The lowest BCUT2D eigenvalue weighted by Crippen LogP contribution is -2.52. The van der Waals surface area contributed by atoms with E-state index >= 15 is 0 Å². The van der Waals surface area contributed by atoms with Gasteiger partial charge in [-0.3, -0.25) is 9.59 Å². The summed E-state index contributed by atoms with van der Waals surface area (Å²) >= 11 is 0. The molecule has 7 rings (SSSR count). The second kappa shape index (κ2) is 9.16. The number of aryl methyl sites for hydroxylation is 2. The molecule has 0 spiro atoms. The van der Waals surface area contributed by atoms with E-state index in [0.29, 0.717) is 41.1 Å². The molecular formula is C33H33NO4. The van der Waals surface area contributed by atoms with Crippen LogP contribution in [0.15, 0.2) is 59.0 Å². The van der Waals surface area contributed by atoms with Crippen LogP contribution < -0.4 is 10.1 Å². The van der Waals surface area contributed by atoms with Crippen LogP contribution in [0.25, 0.3) is 33.4 Å². The topological polar surface area (TPSA) is 68.5 Å². The number of ketones is 1. The predicted molar refractivity (Wildman–Crippen MR) is 150 cm³/mol. The normalized spacial score (nSPS) is 19.5. The maximum absolute atomic E-state index is 13.4. The summed E-state index contributed by atoms with van der Waals surface area (Å²) < 4.78 is 12.3. The Labute approximate surface area is 223 Å². The number of benzene rings is 3. The van der Waals surface area contributed by atoms with Gasteiger partial charge in [-0.1, -0.05) is 42.0 Å². The van der Waals surface area contributed by atoms with Crippen LogP contribution in [0.5, 0.6) is 5.75 Å². The van der Waals surface area contributed by atoms with Crippen molar-refractivity contribution in [1.82, 2.24) is 5.32 Å². The van der Waals surface area contributed by atoms with E-state index in [1.807, 2.05) is 75.4 Å². The summed E-state index contributed by atoms with van der Waals surface area (Å²) in [4.78, 5) is 26.5. The number of hydrogen-bond donors (Lipinski definition) is 1. The second-order valence-electron chi connectivity index (χ2n) is 11.1. The first-order valence-corrected chi connectivity index (χ1v) is 13.5. The van der Waals surface area contributed by atoms with Crippen molar-refractivity contribution in [1.29, 1.82) is 0 Å². The Kier molecular flexibility index (Phi) is 5.90. The minimum atomic E-state index is -0.215. The number of nitrogens with one attached hydrogen (secondary N) is 1. The highest BCUT2D eigenvalue weighted by atomic mass is 16.5. The van der Waals surface area contributed by atoms with Crippen molar-refractivity contribution in [2.75, 3.05) is 13.7 Å². The third-order valence-electron chi connectivity index (χ3n) is 8.41. The molecule has 1 amide bonds. The Balaban J connectivity index is 1.48. The lowest BCUT2D eigenvalue weighted by atomic mass is 9.43. The van der Waals surface area contributed by atoms with Crippen LogP contribution >= 0.6 is 0 Å². The van der Waals surface area contributed by atoms with E-state index in [2.05, 4.69) is 5.32 Å². The van der Waals surface area contributed by atoms with Crippen LogP contribution in [0.2, 0.25) is 0 Å². The van der Waals surface area contributed by atoms with E-state index in [4.69, 9.17) is 9.15 Å². The van der Waals surface area contributed by atoms with Gasteiger partial charge in [-0.25, -0.2) is 0 Å². The number of hydrogen-bond acceptors (Lipinski definition) is 4. The zero-order valence-corrected chi connectivity index (χ0v) is 22.4. The third-order valence-corrected chi connectivity index (χ3v) is 8.41. The van der Waals surface area contributed by atoms with Crippen molar-refractivity contribution in [3.05, 3.63) is 76.9 Å². The van der Waals surface area contributed by atoms with E-state index in [9.17, 15) is 9.59 Å². The molecule has 1 N–H and O–H groups in total. The summed E-state index contributed by atoms with van der Waals surface area (Å²) in [6, 6.07) is 17.8. The molecule has 0 radical (unpaired) electrons. The second-order valence-corrected chi connectivity index (χ2v) is 11.1. The number of fused-ring (bicyclic) bond motifs is 1. The van der Waals surface area contributed by atoms with Crippen LogP contribution in [-0.4, -0.2) is 25.3 Å². The van der Waals surface area contributed by atoms with Crippen molar-refractivity contribution in [3.63, 3.8) is 0 Å². The molecule has 3 fully saturated rings. The summed E-state index contributed by atoms with van der Waals surface area (Å²) in [6.45, 7) is 6.45. The van der Waals surface area contributed by atoms with Gasteiger partial charge in [0.15, 0.2) is 5.78 Å². The minimum Gasteiger partial charge on any atom is -0.493 e. The van der Waals surface area contributed by atoms with Crippen molar-refractivity contribution >= 4 is 22.7 Å². The first kappa shape index (κ1) is 24.5. The van der Waals surface area contributed by atoms with Crippen molar-refractivity contribution in [2.45, 2.75) is 46.5 Å². The fourth-order valence-electron chi connectivity index (χ4n) is 6.28. The van der Waals surface area contributed by atoms with Crippen molar-refractivity contribution in [2.24, 2.45) is 11.3 Å². The monoisotopic (exact) mass is 507 g/mol. The number of carbonyl (C=O) groups is 2. The van der Waals surface area contributed by atoms with Crippen LogP contribution in [0.4, 0.5) is 0 Å². The van der Waals surface area contributed by atoms with E-state index in [1.165, 1.54) is 19.3 Å².